The Morgan fingerprint density at radius 1 is 1.15 bits per heavy atom. The Morgan fingerprint density at radius 3 is 2.52 bits per heavy atom. The van der Waals surface area contributed by atoms with Crippen LogP contribution >= 0.6 is 11.8 Å². The fourth-order valence-electron chi connectivity index (χ4n) is 2.43. The maximum atomic E-state index is 12.1. The summed E-state index contributed by atoms with van der Waals surface area (Å²) in [4.78, 5) is 32.3. The molecule has 1 amide bonds. The van der Waals surface area contributed by atoms with Crippen LogP contribution in [0, 0.1) is 20.8 Å². The zero-order chi connectivity index (χ0) is 19.6. The van der Waals surface area contributed by atoms with Gasteiger partial charge in [0.1, 0.15) is 0 Å². The lowest BCUT2D eigenvalue weighted by Crippen LogP contribution is -2.14. The van der Waals surface area contributed by atoms with Crippen LogP contribution in [0.4, 0.5) is 5.69 Å². The molecule has 0 aliphatic carbocycles. The first-order valence-electron chi connectivity index (χ1n) is 8.20. The van der Waals surface area contributed by atoms with Crippen molar-refractivity contribution in [2.45, 2.75) is 25.9 Å². The van der Waals surface area contributed by atoms with Gasteiger partial charge in [0.15, 0.2) is 0 Å². The molecule has 0 spiro atoms. The van der Waals surface area contributed by atoms with Crippen LogP contribution in [0.2, 0.25) is 0 Å². The molecule has 0 atom stereocenters. The first kappa shape index (κ1) is 18.8. The molecule has 0 radical (unpaired) electrons. The molecule has 3 rings (SSSR count). The zero-order valence-corrected chi connectivity index (χ0v) is 16.3. The summed E-state index contributed by atoms with van der Waals surface area (Å²) in [6.07, 6.45) is 0. The number of anilines is 1. The van der Waals surface area contributed by atoms with E-state index in [9.17, 15) is 9.59 Å². The van der Waals surface area contributed by atoms with E-state index in [1.54, 1.807) is 28.8 Å². The number of nitrogens with one attached hydrogen (secondary N) is 1. The molecular formula is C18H19N5O3S. The van der Waals surface area contributed by atoms with Crippen molar-refractivity contribution in [2.24, 2.45) is 0 Å². The van der Waals surface area contributed by atoms with Gasteiger partial charge in [-0.3, -0.25) is 4.79 Å². The maximum Gasteiger partial charge on any atom is 0.337 e. The molecule has 2 heterocycles. The highest BCUT2D eigenvalue weighted by molar-refractivity contribution is 7.99. The van der Waals surface area contributed by atoms with Crippen molar-refractivity contribution in [3.8, 4) is 0 Å². The van der Waals surface area contributed by atoms with Gasteiger partial charge in [-0.15, -0.1) is 5.10 Å². The standard InChI is InChI=1S/C18H19N5O3S/c1-10-11(2)19-17-21-18(22-23(17)12(10)3)27-9-15(24)20-14-7-5-13(6-8-14)16(25)26-4/h5-8H,9H2,1-4H3,(H,20,24). The van der Waals surface area contributed by atoms with Crippen LogP contribution in [0.3, 0.4) is 0 Å². The highest BCUT2D eigenvalue weighted by Crippen LogP contribution is 2.18. The second kappa shape index (κ2) is 7.75. The second-order valence-corrected chi connectivity index (χ2v) is 6.86. The number of methoxy groups -OCH3 is 1. The van der Waals surface area contributed by atoms with Crippen molar-refractivity contribution in [1.29, 1.82) is 0 Å². The van der Waals surface area contributed by atoms with E-state index in [0.717, 1.165) is 17.0 Å². The summed E-state index contributed by atoms with van der Waals surface area (Å²) in [6.45, 7) is 5.89. The summed E-state index contributed by atoms with van der Waals surface area (Å²) in [6, 6.07) is 6.49. The van der Waals surface area contributed by atoms with Gasteiger partial charge in [0, 0.05) is 17.1 Å². The lowest BCUT2D eigenvalue weighted by Gasteiger charge is -2.05. The van der Waals surface area contributed by atoms with Gasteiger partial charge < -0.3 is 10.1 Å². The number of esters is 1. The van der Waals surface area contributed by atoms with Gasteiger partial charge in [-0.1, -0.05) is 11.8 Å². The predicted molar refractivity (Wildman–Crippen MR) is 102 cm³/mol. The number of benzene rings is 1. The van der Waals surface area contributed by atoms with Crippen LogP contribution < -0.4 is 5.32 Å². The van der Waals surface area contributed by atoms with E-state index >= 15 is 0 Å². The average molecular weight is 385 g/mol. The fourth-order valence-corrected chi connectivity index (χ4v) is 3.05. The molecule has 0 fully saturated rings. The SMILES string of the molecule is COC(=O)c1ccc(NC(=O)CSc2nc3nc(C)c(C)c(C)n3n2)cc1. The second-order valence-electron chi connectivity index (χ2n) is 5.92. The number of rotatable bonds is 5. The summed E-state index contributed by atoms with van der Waals surface area (Å²) in [5.74, 6) is 0.0708. The van der Waals surface area contributed by atoms with E-state index in [-0.39, 0.29) is 11.7 Å². The number of amides is 1. The molecule has 2 aromatic heterocycles. The van der Waals surface area contributed by atoms with Crippen LogP contribution in [0.15, 0.2) is 29.4 Å². The number of hydrogen-bond acceptors (Lipinski definition) is 7. The maximum absolute atomic E-state index is 12.1. The Bertz CT molecular complexity index is 1010. The Balaban J connectivity index is 1.63. The van der Waals surface area contributed by atoms with E-state index in [4.69, 9.17) is 0 Å². The fraction of sp³-hybridized carbons (Fsp3) is 0.278. The molecule has 0 aliphatic heterocycles. The van der Waals surface area contributed by atoms with E-state index in [1.807, 2.05) is 20.8 Å². The quantitative estimate of drug-likeness (QED) is 0.532. The molecule has 0 saturated heterocycles. The van der Waals surface area contributed by atoms with Crippen molar-refractivity contribution in [3.63, 3.8) is 0 Å². The Labute approximate surface area is 160 Å². The van der Waals surface area contributed by atoms with E-state index < -0.39 is 5.97 Å². The van der Waals surface area contributed by atoms with Crippen molar-refractivity contribution in [3.05, 3.63) is 46.8 Å². The molecule has 27 heavy (non-hydrogen) atoms. The normalized spacial score (nSPS) is 10.8. The minimum Gasteiger partial charge on any atom is -0.465 e. The van der Waals surface area contributed by atoms with E-state index in [1.165, 1.54) is 18.9 Å². The lowest BCUT2D eigenvalue weighted by molar-refractivity contribution is -0.113. The smallest absolute Gasteiger partial charge is 0.337 e. The topological polar surface area (TPSA) is 98.5 Å². The van der Waals surface area contributed by atoms with Crippen LogP contribution in [-0.2, 0) is 9.53 Å². The van der Waals surface area contributed by atoms with Gasteiger partial charge in [0.25, 0.3) is 5.78 Å². The minimum atomic E-state index is -0.421. The number of aromatic nitrogens is 4. The van der Waals surface area contributed by atoms with Gasteiger partial charge in [-0.05, 0) is 50.6 Å². The van der Waals surface area contributed by atoms with Crippen LogP contribution in [0.25, 0.3) is 5.78 Å². The van der Waals surface area contributed by atoms with Crippen molar-refractivity contribution in [2.75, 3.05) is 18.2 Å². The number of nitrogens with zero attached hydrogens (tertiary/aromatic N) is 4. The van der Waals surface area contributed by atoms with Crippen molar-refractivity contribution >= 4 is 35.1 Å². The first-order chi connectivity index (χ1) is 12.9. The number of thioether (sulfide) groups is 1. The minimum absolute atomic E-state index is 0.159. The summed E-state index contributed by atoms with van der Waals surface area (Å²) in [5, 5.41) is 7.67. The Kier molecular flexibility index (Phi) is 5.41. The average Bonchev–Trinajstić information content (AvgIpc) is 3.07. The highest BCUT2D eigenvalue weighted by Gasteiger charge is 2.13. The van der Waals surface area contributed by atoms with Crippen molar-refractivity contribution in [1.82, 2.24) is 19.6 Å². The Morgan fingerprint density at radius 2 is 1.85 bits per heavy atom. The van der Waals surface area contributed by atoms with Gasteiger partial charge >= 0.3 is 5.97 Å². The molecule has 1 N–H and O–H groups in total. The van der Waals surface area contributed by atoms with Crippen LogP contribution in [-0.4, -0.2) is 44.3 Å². The highest BCUT2D eigenvalue weighted by atomic mass is 32.2. The molecule has 0 aliphatic rings. The van der Waals surface area contributed by atoms with Gasteiger partial charge in [0.2, 0.25) is 11.1 Å². The van der Waals surface area contributed by atoms with Crippen LogP contribution in [0.1, 0.15) is 27.3 Å². The molecule has 8 nitrogen and oxygen atoms in total. The lowest BCUT2D eigenvalue weighted by atomic mass is 10.2. The zero-order valence-electron chi connectivity index (χ0n) is 15.4. The van der Waals surface area contributed by atoms with Crippen LogP contribution in [0.5, 0.6) is 0 Å². The number of hydrogen-bond donors (Lipinski definition) is 1. The molecule has 0 bridgehead atoms. The summed E-state index contributed by atoms with van der Waals surface area (Å²) in [7, 11) is 1.32. The molecule has 1 aromatic carbocycles. The molecule has 3 aromatic rings. The number of ether oxygens (including phenoxy) is 1. The van der Waals surface area contributed by atoms with Gasteiger partial charge in [-0.25, -0.2) is 14.3 Å². The third-order valence-corrected chi connectivity index (χ3v) is 5.00. The number of carbonyl (C=O) groups excluding carboxylic acids is 2. The third-order valence-electron chi connectivity index (χ3n) is 4.16. The third kappa shape index (κ3) is 4.08. The summed E-state index contributed by atoms with van der Waals surface area (Å²) < 4.78 is 6.33. The Hall–Kier alpha value is -2.94. The predicted octanol–water partition coefficient (Wildman–Crippen LogP) is 2.57. The van der Waals surface area contributed by atoms with Crippen molar-refractivity contribution < 1.29 is 14.3 Å². The molecule has 140 valence electrons. The monoisotopic (exact) mass is 385 g/mol. The largest absolute Gasteiger partial charge is 0.465 e. The number of aryl methyl sites for hydroxylation is 2. The summed E-state index contributed by atoms with van der Waals surface area (Å²) >= 11 is 1.24. The molecule has 0 unspecified atom stereocenters. The molecule has 9 heteroatoms. The van der Waals surface area contributed by atoms with E-state index in [0.29, 0.717) is 22.2 Å². The molecule has 0 saturated carbocycles. The first-order valence-corrected chi connectivity index (χ1v) is 9.19. The number of fused-ring (bicyclic) bond motifs is 1. The summed E-state index contributed by atoms with van der Waals surface area (Å²) in [5.41, 5.74) is 3.98. The van der Waals surface area contributed by atoms with Gasteiger partial charge in [0.05, 0.1) is 18.4 Å². The number of carbonyl (C=O) groups is 2. The van der Waals surface area contributed by atoms with Gasteiger partial charge in [-0.2, -0.15) is 4.98 Å². The van der Waals surface area contributed by atoms with E-state index in [2.05, 4.69) is 25.1 Å². The molecular weight excluding hydrogens is 366 g/mol.